The number of anilines is 1. The van der Waals surface area contributed by atoms with Crippen LogP contribution in [0.15, 0.2) is 30.6 Å². The van der Waals surface area contributed by atoms with Crippen LogP contribution in [0.3, 0.4) is 0 Å². The molecule has 8 nitrogen and oxygen atoms in total. The molecule has 38 heavy (non-hydrogen) atoms. The van der Waals surface area contributed by atoms with Crippen LogP contribution in [0.4, 0.5) is 5.82 Å². The molecular weight excluding hydrogens is 478 g/mol. The third-order valence-electron chi connectivity index (χ3n) is 9.12. The number of carbonyl (C=O) groups is 1. The molecule has 204 valence electrons. The lowest BCUT2D eigenvalue weighted by Gasteiger charge is -2.37. The van der Waals surface area contributed by atoms with Crippen LogP contribution in [0.25, 0.3) is 0 Å². The minimum atomic E-state index is 0.0199. The Morgan fingerprint density at radius 3 is 2.47 bits per heavy atom. The maximum Gasteiger partial charge on any atom is 0.272 e. The van der Waals surface area contributed by atoms with E-state index in [4.69, 9.17) is 9.47 Å². The molecule has 0 saturated carbocycles. The minimum Gasteiger partial charge on any atom is -0.381 e. The lowest BCUT2D eigenvalue weighted by Crippen LogP contribution is -2.46. The Balaban J connectivity index is 1.02. The molecule has 4 fully saturated rings. The first-order chi connectivity index (χ1) is 18.5. The number of ether oxygens (including phenoxy) is 2. The number of carbonyl (C=O) groups excluding carboxylic acids is 1. The second-order valence-corrected chi connectivity index (χ2v) is 11.7. The summed E-state index contributed by atoms with van der Waals surface area (Å²) in [6.07, 6.45) is 7.03. The fourth-order valence-electron chi connectivity index (χ4n) is 6.74. The molecule has 4 aliphatic rings. The van der Waals surface area contributed by atoms with Gasteiger partial charge < -0.3 is 19.7 Å². The molecule has 1 aromatic heterocycles. The Hall–Kier alpha value is -2.55. The SMILES string of the molecule is Cc1ccc([C@@H]2CCC[C@H](CNc3ncnc(C(=O)N4CCC(N5CC6COCC6C5)CC4)c3C)O2)cc1. The largest absolute Gasteiger partial charge is 0.381 e. The number of piperidine rings is 1. The molecule has 1 N–H and O–H groups in total. The van der Waals surface area contributed by atoms with Crippen molar-refractivity contribution in [2.45, 2.75) is 64.2 Å². The average molecular weight is 520 g/mol. The number of amides is 1. The van der Waals surface area contributed by atoms with Crippen molar-refractivity contribution in [2.24, 2.45) is 11.8 Å². The summed E-state index contributed by atoms with van der Waals surface area (Å²) in [5, 5.41) is 3.46. The van der Waals surface area contributed by atoms with Gasteiger partial charge in [0.1, 0.15) is 17.8 Å². The van der Waals surface area contributed by atoms with E-state index >= 15 is 0 Å². The fourth-order valence-corrected chi connectivity index (χ4v) is 6.74. The van der Waals surface area contributed by atoms with Gasteiger partial charge in [-0.25, -0.2) is 9.97 Å². The first kappa shape index (κ1) is 25.7. The van der Waals surface area contributed by atoms with Crippen LogP contribution in [0, 0.1) is 25.7 Å². The monoisotopic (exact) mass is 519 g/mol. The molecule has 5 heterocycles. The van der Waals surface area contributed by atoms with Crippen molar-refractivity contribution < 1.29 is 14.3 Å². The van der Waals surface area contributed by atoms with Crippen LogP contribution in [0.2, 0.25) is 0 Å². The van der Waals surface area contributed by atoms with Gasteiger partial charge in [-0.05, 0) is 51.5 Å². The Morgan fingerprint density at radius 1 is 1.00 bits per heavy atom. The highest BCUT2D eigenvalue weighted by Crippen LogP contribution is 2.33. The van der Waals surface area contributed by atoms with E-state index in [1.54, 1.807) is 0 Å². The number of hydrogen-bond acceptors (Lipinski definition) is 7. The van der Waals surface area contributed by atoms with Gasteiger partial charge in [0.2, 0.25) is 0 Å². The van der Waals surface area contributed by atoms with E-state index in [1.165, 1.54) is 17.5 Å². The molecule has 4 aliphatic heterocycles. The summed E-state index contributed by atoms with van der Waals surface area (Å²) in [6, 6.07) is 9.23. The van der Waals surface area contributed by atoms with Gasteiger partial charge in [-0.3, -0.25) is 9.69 Å². The maximum absolute atomic E-state index is 13.4. The molecule has 0 bridgehead atoms. The number of hydrogen-bond donors (Lipinski definition) is 1. The van der Waals surface area contributed by atoms with Gasteiger partial charge in [-0.15, -0.1) is 0 Å². The van der Waals surface area contributed by atoms with Gasteiger partial charge in [0.05, 0.1) is 25.4 Å². The van der Waals surface area contributed by atoms with E-state index < -0.39 is 0 Å². The van der Waals surface area contributed by atoms with Crippen LogP contribution in [-0.2, 0) is 9.47 Å². The first-order valence-electron chi connectivity index (χ1n) is 14.4. The van der Waals surface area contributed by atoms with Crippen molar-refractivity contribution in [1.82, 2.24) is 19.8 Å². The molecule has 0 radical (unpaired) electrons. The van der Waals surface area contributed by atoms with E-state index in [0.717, 1.165) is 82.9 Å². The molecule has 4 saturated heterocycles. The van der Waals surface area contributed by atoms with Gasteiger partial charge in [0.25, 0.3) is 5.91 Å². The summed E-state index contributed by atoms with van der Waals surface area (Å²) in [7, 11) is 0. The lowest BCUT2D eigenvalue weighted by atomic mass is 9.97. The maximum atomic E-state index is 13.4. The van der Waals surface area contributed by atoms with Crippen molar-refractivity contribution in [1.29, 1.82) is 0 Å². The Bertz CT molecular complexity index is 1110. The zero-order valence-electron chi connectivity index (χ0n) is 22.8. The zero-order valence-corrected chi connectivity index (χ0v) is 22.8. The average Bonchev–Trinajstić information content (AvgIpc) is 3.56. The van der Waals surface area contributed by atoms with Crippen LogP contribution < -0.4 is 5.32 Å². The van der Waals surface area contributed by atoms with E-state index in [1.807, 2.05) is 11.8 Å². The third-order valence-corrected chi connectivity index (χ3v) is 9.12. The zero-order chi connectivity index (χ0) is 26.1. The molecule has 8 heteroatoms. The minimum absolute atomic E-state index is 0.0199. The van der Waals surface area contributed by atoms with Gasteiger partial charge in [0.15, 0.2) is 0 Å². The number of benzene rings is 1. The molecular formula is C30H41N5O3. The highest BCUT2D eigenvalue weighted by molar-refractivity contribution is 5.94. The molecule has 2 unspecified atom stereocenters. The highest BCUT2D eigenvalue weighted by atomic mass is 16.5. The number of rotatable bonds is 6. The number of aryl methyl sites for hydroxylation is 1. The normalized spacial score (nSPS) is 28.4. The number of nitrogens with zero attached hydrogens (tertiary/aromatic N) is 4. The Kier molecular flexibility index (Phi) is 7.63. The fraction of sp³-hybridized carbons (Fsp3) is 0.633. The Labute approximate surface area is 226 Å². The smallest absolute Gasteiger partial charge is 0.272 e. The van der Waals surface area contributed by atoms with Crippen LogP contribution in [0.5, 0.6) is 0 Å². The second-order valence-electron chi connectivity index (χ2n) is 11.7. The molecule has 1 amide bonds. The van der Waals surface area contributed by atoms with E-state index in [9.17, 15) is 4.79 Å². The van der Waals surface area contributed by atoms with E-state index in [-0.39, 0.29) is 18.1 Å². The van der Waals surface area contributed by atoms with Crippen LogP contribution in [0.1, 0.15) is 65.4 Å². The van der Waals surface area contributed by atoms with Gasteiger partial charge in [-0.2, -0.15) is 0 Å². The number of aromatic nitrogens is 2. The predicted molar refractivity (Wildman–Crippen MR) is 146 cm³/mol. The Morgan fingerprint density at radius 2 is 1.74 bits per heavy atom. The molecule has 0 aliphatic carbocycles. The number of fused-ring (bicyclic) bond motifs is 1. The van der Waals surface area contributed by atoms with Gasteiger partial charge in [-0.1, -0.05) is 29.8 Å². The second kappa shape index (κ2) is 11.3. The summed E-state index contributed by atoms with van der Waals surface area (Å²) in [5.41, 5.74) is 3.84. The predicted octanol–water partition coefficient (Wildman–Crippen LogP) is 4.00. The molecule has 0 spiro atoms. The lowest BCUT2D eigenvalue weighted by molar-refractivity contribution is -0.0442. The number of likely N-dealkylation sites (tertiary alicyclic amines) is 2. The van der Waals surface area contributed by atoms with Crippen molar-refractivity contribution in [3.05, 3.63) is 53.0 Å². The molecule has 4 atom stereocenters. The third kappa shape index (κ3) is 5.44. The summed E-state index contributed by atoms with van der Waals surface area (Å²) in [5.74, 6) is 2.16. The topological polar surface area (TPSA) is 79.8 Å². The molecule has 2 aromatic rings. The van der Waals surface area contributed by atoms with E-state index in [2.05, 4.69) is 51.4 Å². The summed E-state index contributed by atoms with van der Waals surface area (Å²) < 4.78 is 12.1. The molecule has 6 rings (SSSR count). The van der Waals surface area contributed by atoms with Crippen molar-refractivity contribution in [2.75, 3.05) is 51.3 Å². The van der Waals surface area contributed by atoms with Crippen LogP contribution in [-0.4, -0.2) is 83.8 Å². The number of nitrogens with one attached hydrogen (secondary N) is 1. The molecule has 1 aromatic carbocycles. The van der Waals surface area contributed by atoms with Crippen molar-refractivity contribution in [3.63, 3.8) is 0 Å². The van der Waals surface area contributed by atoms with Crippen molar-refractivity contribution >= 4 is 11.7 Å². The summed E-state index contributed by atoms with van der Waals surface area (Å²) in [4.78, 5) is 26.9. The van der Waals surface area contributed by atoms with Crippen LogP contribution >= 0.6 is 0 Å². The van der Waals surface area contributed by atoms with Gasteiger partial charge in [0, 0.05) is 56.2 Å². The quantitative estimate of drug-likeness (QED) is 0.618. The van der Waals surface area contributed by atoms with Gasteiger partial charge >= 0.3 is 0 Å². The summed E-state index contributed by atoms with van der Waals surface area (Å²) in [6.45, 7) is 10.4. The summed E-state index contributed by atoms with van der Waals surface area (Å²) >= 11 is 0. The van der Waals surface area contributed by atoms with Crippen molar-refractivity contribution in [3.8, 4) is 0 Å². The van der Waals surface area contributed by atoms with E-state index in [0.29, 0.717) is 30.1 Å². The standard InChI is InChI=1S/C30H41N5O3/c1-20-6-8-22(9-7-20)27-5-3-4-26(38-27)14-31-29-21(2)28(32-19-33-29)30(36)34-12-10-25(11-13-34)35-15-23-17-37-18-24(23)16-35/h6-9,19,23-27H,3-5,10-18H2,1-2H3,(H,31,32,33)/t23?,24?,26-,27+/m1/s1. The first-order valence-corrected chi connectivity index (χ1v) is 14.4. The highest BCUT2D eigenvalue weighted by Gasteiger charge is 2.40.